The molecule has 2 aromatic carbocycles. The molecule has 0 aliphatic heterocycles. The van der Waals surface area contributed by atoms with Crippen molar-refractivity contribution in [1.82, 2.24) is 0 Å². The van der Waals surface area contributed by atoms with Crippen LogP contribution in [0.5, 0.6) is 11.5 Å². The van der Waals surface area contributed by atoms with Crippen LogP contribution in [-0.2, 0) is 6.42 Å². The molecule has 106 valence electrons. The SMILES string of the molecule is CCCc1ccc(Oc2ccc([C@@H](C)O)c(Br)c2)cc1. The number of rotatable bonds is 5. The summed E-state index contributed by atoms with van der Waals surface area (Å²) in [7, 11) is 0. The molecule has 0 spiro atoms. The number of benzene rings is 2. The van der Waals surface area contributed by atoms with Crippen molar-refractivity contribution in [3.63, 3.8) is 0 Å². The number of aliphatic hydroxyl groups excluding tert-OH is 1. The summed E-state index contributed by atoms with van der Waals surface area (Å²) < 4.78 is 6.67. The molecule has 0 saturated carbocycles. The zero-order valence-corrected chi connectivity index (χ0v) is 13.4. The van der Waals surface area contributed by atoms with Crippen LogP contribution in [0.1, 0.15) is 37.5 Å². The van der Waals surface area contributed by atoms with Crippen molar-refractivity contribution in [3.05, 3.63) is 58.1 Å². The molecule has 3 heteroatoms. The molecular formula is C17H19BrO2. The van der Waals surface area contributed by atoms with Crippen molar-refractivity contribution in [2.75, 3.05) is 0 Å². The highest BCUT2D eigenvalue weighted by Gasteiger charge is 2.07. The quantitative estimate of drug-likeness (QED) is 0.809. The van der Waals surface area contributed by atoms with E-state index in [2.05, 4.69) is 35.0 Å². The Morgan fingerprint density at radius 3 is 2.30 bits per heavy atom. The van der Waals surface area contributed by atoms with Crippen molar-refractivity contribution in [2.45, 2.75) is 32.8 Å². The first-order valence-electron chi connectivity index (χ1n) is 6.84. The van der Waals surface area contributed by atoms with E-state index >= 15 is 0 Å². The summed E-state index contributed by atoms with van der Waals surface area (Å²) in [5.41, 5.74) is 2.18. The minimum absolute atomic E-state index is 0.494. The third kappa shape index (κ3) is 3.84. The summed E-state index contributed by atoms with van der Waals surface area (Å²) in [6, 6.07) is 13.8. The molecule has 0 heterocycles. The van der Waals surface area contributed by atoms with Gasteiger partial charge < -0.3 is 9.84 Å². The zero-order valence-electron chi connectivity index (χ0n) is 11.8. The molecule has 0 aliphatic rings. The Morgan fingerprint density at radius 1 is 1.10 bits per heavy atom. The molecular weight excluding hydrogens is 316 g/mol. The maximum Gasteiger partial charge on any atom is 0.128 e. The average Bonchev–Trinajstić information content (AvgIpc) is 2.41. The monoisotopic (exact) mass is 334 g/mol. The maximum absolute atomic E-state index is 9.60. The topological polar surface area (TPSA) is 29.5 Å². The molecule has 20 heavy (non-hydrogen) atoms. The number of halogens is 1. The minimum Gasteiger partial charge on any atom is -0.457 e. The van der Waals surface area contributed by atoms with E-state index in [0.717, 1.165) is 34.4 Å². The fourth-order valence-corrected chi connectivity index (χ4v) is 2.75. The van der Waals surface area contributed by atoms with Gasteiger partial charge in [0.1, 0.15) is 11.5 Å². The Balaban J connectivity index is 2.11. The molecule has 0 unspecified atom stereocenters. The van der Waals surface area contributed by atoms with Crippen LogP contribution < -0.4 is 4.74 Å². The van der Waals surface area contributed by atoms with Gasteiger partial charge in [0.05, 0.1) is 6.10 Å². The number of aryl methyl sites for hydroxylation is 1. The summed E-state index contributed by atoms with van der Waals surface area (Å²) >= 11 is 3.45. The van der Waals surface area contributed by atoms with Crippen LogP contribution in [0.25, 0.3) is 0 Å². The predicted octanol–water partition coefficient (Wildman–Crippen LogP) is 5.25. The minimum atomic E-state index is -0.494. The summed E-state index contributed by atoms with van der Waals surface area (Å²) in [6.45, 7) is 3.92. The van der Waals surface area contributed by atoms with E-state index in [1.165, 1.54) is 5.56 Å². The molecule has 0 fully saturated rings. The van der Waals surface area contributed by atoms with Crippen molar-refractivity contribution >= 4 is 15.9 Å². The lowest BCUT2D eigenvalue weighted by Crippen LogP contribution is -1.93. The van der Waals surface area contributed by atoms with E-state index in [9.17, 15) is 5.11 Å². The van der Waals surface area contributed by atoms with Crippen LogP contribution in [0, 0.1) is 0 Å². The van der Waals surface area contributed by atoms with E-state index in [1.807, 2.05) is 30.3 Å². The maximum atomic E-state index is 9.60. The highest BCUT2D eigenvalue weighted by atomic mass is 79.9. The average molecular weight is 335 g/mol. The number of ether oxygens (including phenoxy) is 1. The summed E-state index contributed by atoms with van der Waals surface area (Å²) in [5, 5.41) is 9.60. The lowest BCUT2D eigenvalue weighted by molar-refractivity contribution is 0.198. The molecule has 0 radical (unpaired) electrons. The molecule has 0 bridgehead atoms. The smallest absolute Gasteiger partial charge is 0.128 e. The van der Waals surface area contributed by atoms with Gasteiger partial charge in [-0.25, -0.2) is 0 Å². The summed E-state index contributed by atoms with van der Waals surface area (Å²) in [5.74, 6) is 1.58. The Bertz CT molecular complexity index is 562. The standard InChI is InChI=1S/C17H19BrO2/c1-3-4-13-5-7-14(8-6-13)20-15-9-10-16(12(2)19)17(18)11-15/h5-12,19H,3-4H2,1-2H3/t12-/m1/s1. The second-order valence-corrected chi connectivity index (χ2v) is 5.71. The first-order valence-corrected chi connectivity index (χ1v) is 7.63. The molecule has 0 amide bonds. The van der Waals surface area contributed by atoms with Gasteiger partial charge in [-0.05, 0) is 48.7 Å². The van der Waals surface area contributed by atoms with Gasteiger partial charge in [-0.15, -0.1) is 0 Å². The number of hydrogen-bond acceptors (Lipinski definition) is 2. The van der Waals surface area contributed by atoms with Crippen molar-refractivity contribution in [1.29, 1.82) is 0 Å². The molecule has 0 aromatic heterocycles. The summed E-state index contributed by atoms with van der Waals surface area (Å²) in [4.78, 5) is 0. The third-order valence-corrected chi connectivity index (χ3v) is 3.81. The molecule has 1 atom stereocenters. The molecule has 2 aromatic rings. The normalized spacial score (nSPS) is 12.2. The Hall–Kier alpha value is -1.32. The zero-order chi connectivity index (χ0) is 14.5. The van der Waals surface area contributed by atoms with Crippen LogP contribution in [-0.4, -0.2) is 5.11 Å². The van der Waals surface area contributed by atoms with Crippen molar-refractivity contribution < 1.29 is 9.84 Å². The van der Waals surface area contributed by atoms with Gasteiger partial charge in [-0.2, -0.15) is 0 Å². The van der Waals surface area contributed by atoms with Crippen LogP contribution in [0.2, 0.25) is 0 Å². The van der Waals surface area contributed by atoms with Gasteiger partial charge in [-0.1, -0.05) is 47.5 Å². The van der Waals surface area contributed by atoms with E-state index < -0.39 is 6.10 Å². The number of hydrogen-bond donors (Lipinski definition) is 1. The van der Waals surface area contributed by atoms with E-state index in [0.29, 0.717) is 0 Å². The Labute approximate surface area is 128 Å². The van der Waals surface area contributed by atoms with Gasteiger partial charge in [0.25, 0.3) is 0 Å². The van der Waals surface area contributed by atoms with Gasteiger partial charge in [0.15, 0.2) is 0 Å². The fourth-order valence-electron chi connectivity index (χ4n) is 2.06. The Morgan fingerprint density at radius 2 is 1.75 bits per heavy atom. The van der Waals surface area contributed by atoms with Crippen molar-refractivity contribution in [3.8, 4) is 11.5 Å². The van der Waals surface area contributed by atoms with Gasteiger partial charge >= 0.3 is 0 Å². The van der Waals surface area contributed by atoms with Crippen LogP contribution in [0.15, 0.2) is 46.9 Å². The Kier molecular flexibility index (Phi) is 5.21. The van der Waals surface area contributed by atoms with E-state index in [1.54, 1.807) is 6.92 Å². The highest BCUT2D eigenvalue weighted by Crippen LogP contribution is 2.30. The lowest BCUT2D eigenvalue weighted by Gasteiger charge is -2.11. The predicted molar refractivity (Wildman–Crippen MR) is 85.3 cm³/mol. The van der Waals surface area contributed by atoms with Crippen LogP contribution >= 0.6 is 15.9 Å². The van der Waals surface area contributed by atoms with Crippen molar-refractivity contribution in [2.24, 2.45) is 0 Å². The van der Waals surface area contributed by atoms with Gasteiger partial charge in [0, 0.05) is 4.47 Å². The molecule has 0 aliphatic carbocycles. The van der Waals surface area contributed by atoms with Gasteiger partial charge in [-0.3, -0.25) is 0 Å². The van der Waals surface area contributed by atoms with Crippen LogP contribution in [0.3, 0.4) is 0 Å². The van der Waals surface area contributed by atoms with E-state index in [-0.39, 0.29) is 0 Å². The van der Waals surface area contributed by atoms with Gasteiger partial charge in [0.2, 0.25) is 0 Å². The first-order chi connectivity index (χ1) is 9.60. The largest absolute Gasteiger partial charge is 0.457 e. The molecule has 2 nitrogen and oxygen atoms in total. The fraction of sp³-hybridized carbons (Fsp3) is 0.294. The second kappa shape index (κ2) is 6.91. The highest BCUT2D eigenvalue weighted by molar-refractivity contribution is 9.10. The first kappa shape index (κ1) is 15.1. The van der Waals surface area contributed by atoms with Crippen LogP contribution in [0.4, 0.5) is 0 Å². The third-order valence-electron chi connectivity index (χ3n) is 3.12. The lowest BCUT2D eigenvalue weighted by atomic mass is 10.1. The molecule has 1 N–H and O–H groups in total. The second-order valence-electron chi connectivity index (χ2n) is 4.86. The number of aliphatic hydroxyl groups is 1. The molecule has 2 rings (SSSR count). The molecule has 0 saturated heterocycles. The summed E-state index contributed by atoms with van der Waals surface area (Å²) in [6.07, 6.45) is 1.75. The van der Waals surface area contributed by atoms with E-state index in [4.69, 9.17) is 4.74 Å².